The van der Waals surface area contributed by atoms with Crippen molar-refractivity contribution in [2.75, 3.05) is 0 Å². The molecule has 0 bridgehead atoms. The Labute approximate surface area is 109 Å². The molecule has 0 unspecified atom stereocenters. The molecular formula is C16H9N3. The molecule has 2 heterocycles. The largest absolute Gasteiger partial charge is 0.354 e. The Morgan fingerprint density at radius 3 is 2.79 bits per heavy atom. The van der Waals surface area contributed by atoms with Crippen LogP contribution < -0.4 is 0 Å². The van der Waals surface area contributed by atoms with Gasteiger partial charge in [-0.05, 0) is 24.3 Å². The summed E-state index contributed by atoms with van der Waals surface area (Å²) in [4.78, 5) is 7.91. The molecule has 0 spiro atoms. The number of aromatic nitrogens is 2. The van der Waals surface area contributed by atoms with Crippen LogP contribution in [0.3, 0.4) is 0 Å². The summed E-state index contributed by atoms with van der Waals surface area (Å²) in [6.07, 6.45) is 1.87. The lowest BCUT2D eigenvalue weighted by molar-refractivity contribution is 1.44. The molecule has 0 aliphatic rings. The first-order valence-electron chi connectivity index (χ1n) is 6.06. The summed E-state index contributed by atoms with van der Waals surface area (Å²) in [7, 11) is 0. The van der Waals surface area contributed by atoms with E-state index in [1.807, 2.05) is 42.6 Å². The summed E-state index contributed by atoms with van der Waals surface area (Å²) in [5, 5.41) is 12.2. The van der Waals surface area contributed by atoms with Crippen LogP contribution >= 0.6 is 0 Å². The number of nitriles is 1. The van der Waals surface area contributed by atoms with E-state index < -0.39 is 0 Å². The molecule has 88 valence electrons. The van der Waals surface area contributed by atoms with Crippen LogP contribution in [0.2, 0.25) is 0 Å². The second kappa shape index (κ2) is 3.56. The lowest BCUT2D eigenvalue weighted by Crippen LogP contribution is -1.79. The number of fused-ring (bicyclic) bond motifs is 5. The lowest BCUT2D eigenvalue weighted by Gasteiger charge is -1.97. The zero-order valence-electron chi connectivity index (χ0n) is 10.0. The molecule has 3 heteroatoms. The van der Waals surface area contributed by atoms with E-state index in [0.717, 1.165) is 32.7 Å². The normalized spacial score (nSPS) is 11.1. The second-order valence-corrected chi connectivity index (χ2v) is 4.56. The van der Waals surface area contributed by atoms with Crippen LogP contribution in [0.5, 0.6) is 0 Å². The van der Waals surface area contributed by atoms with Gasteiger partial charge in [-0.1, -0.05) is 18.2 Å². The number of aromatic amines is 1. The van der Waals surface area contributed by atoms with Crippen LogP contribution in [0.4, 0.5) is 0 Å². The van der Waals surface area contributed by atoms with Crippen molar-refractivity contribution in [2.24, 2.45) is 0 Å². The highest BCUT2D eigenvalue weighted by Gasteiger charge is 2.08. The Morgan fingerprint density at radius 1 is 1.00 bits per heavy atom. The summed E-state index contributed by atoms with van der Waals surface area (Å²) >= 11 is 0. The van der Waals surface area contributed by atoms with Crippen LogP contribution in [0.1, 0.15) is 5.56 Å². The minimum atomic E-state index is 0.668. The molecule has 2 aromatic carbocycles. The van der Waals surface area contributed by atoms with E-state index in [4.69, 9.17) is 5.26 Å². The average molecular weight is 243 g/mol. The second-order valence-electron chi connectivity index (χ2n) is 4.56. The van der Waals surface area contributed by atoms with E-state index in [0.29, 0.717) is 5.56 Å². The molecule has 2 aromatic heterocycles. The van der Waals surface area contributed by atoms with Gasteiger partial charge >= 0.3 is 0 Å². The maximum absolute atomic E-state index is 9.00. The number of benzene rings is 2. The maximum Gasteiger partial charge on any atom is 0.0991 e. The van der Waals surface area contributed by atoms with Crippen molar-refractivity contribution in [1.29, 1.82) is 5.26 Å². The number of nitrogens with zero attached hydrogens (tertiary/aromatic N) is 2. The predicted octanol–water partition coefficient (Wildman–Crippen LogP) is 3.74. The van der Waals surface area contributed by atoms with Gasteiger partial charge in [-0.15, -0.1) is 0 Å². The minimum absolute atomic E-state index is 0.668. The van der Waals surface area contributed by atoms with Gasteiger partial charge in [-0.3, -0.25) is 4.98 Å². The molecule has 4 rings (SSSR count). The topological polar surface area (TPSA) is 52.5 Å². The van der Waals surface area contributed by atoms with Crippen LogP contribution in [-0.4, -0.2) is 9.97 Å². The Kier molecular flexibility index (Phi) is 1.89. The molecule has 0 radical (unpaired) electrons. The lowest BCUT2D eigenvalue weighted by atomic mass is 10.1. The Morgan fingerprint density at radius 2 is 1.89 bits per heavy atom. The molecule has 0 fully saturated rings. The summed E-state index contributed by atoms with van der Waals surface area (Å²) < 4.78 is 0. The first-order chi connectivity index (χ1) is 9.36. The molecule has 0 saturated heterocycles. The van der Waals surface area contributed by atoms with Crippen LogP contribution in [-0.2, 0) is 0 Å². The molecule has 0 aliphatic heterocycles. The van der Waals surface area contributed by atoms with Crippen LogP contribution in [0.15, 0.2) is 48.7 Å². The highest BCUT2D eigenvalue weighted by molar-refractivity contribution is 6.15. The van der Waals surface area contributed by atoms with E-state index in [1.54, 1.807) is 0 Å². The van der Waals surface area contributed by atoms with Crippen molar-refractivity contribution < 1.29 is 0 Å². The van der Waals surface area contributed by atoms with Crippen molar-refractivity contribution in [2.45, 2.75) is 0 Å². The van der Waals surface area contributed by atoms with Crippen LogP contribution in [0, 0.1) is 11.3 Å². The molecule has 0 atom stereocenters. The molecule has 0 amide bonds. The van der Waals surface area contributed by atoms with Crippen molar-refractivity contribution in [3.63, 3.8) is 0 Å². The maximum atomic E-state index is 9.00. The number of para-hydroxylation sites is 1. The van der Waals surface area contributed by atoms with Crippen LogP contribution in [0.25, 0.3) is 32.7 Å². The standard InChI is InChI=1S/C16H9N3/c17-8-10-5-6-15-12(7-10)13-9-18-14-4-2-1-3-11(14)16(13)19-15/h1-7,9,19H. The molecule has 3 nitrogen and oxygen atoms in total. The van der Waals surface area contributed by atoms with Gasteiger partial charge in [-0.2, -0.15) is 5.26 Å². The summed E-state index contributed by atoms with van der Waals surface area (Å²) in [5.41, 5.74) is 3.76. The van der Waals surface area contributed by atoms with Crippen molar-refractivity contribution in [3.8, 4) is 6.07 Å². The molecule has 1 N–H and O–H groups in total. The highest BCUT2D eigenvalue weighted by Crippen LogP contribution is 2.30. The molecule has 0 aliphatic carbocycles. The smallest absolute Gasteiger partial charge is 0.0991 e. The fraction of sp³-hybridized carbons (Fsp3) is 0. The highest BCUT2D eigenvalue weighted by atomic mass is 14.7. The van der Waals surface area contributed by atoms with E-state index in [9.17, 15) is 0 Å². The van der Waals surface area contributed by atoms with Crippen molar-refractivity contribution >= 4 is 32.7 Å². The third-order valence-corrected chi connectivity index (χ3v) is 3.47. The number of rotatable bonds is 0. The predicted molar refractivity (Wildman–Crippen MR) is 75.8 cm³/mol. The Bertz CT molecular complexity index is 974. The first-order valence-corrected chi connectivity index (χ1v) is 6.06. The number of pyridine rings is 1. The van der Waals surface area contributed by atoms with E-state index in [2.05, 4.69) is 22.1 Å². The van der Waals surface area contributed by atoms with Gasteiger partial charge in [0.2, 0.25) is 0 Å². The molecule has 0 saturated carbocycles. The van der Waals surface area contributed by atoms with Gasteiger partial charge in [0.1, 0.15) is 0 Å². The quantitative estimate of drug-likeness (QED) is 0.511. The third kappa shape index (κ3) is 1.34. The van der Waals surface area contributed by atoms with Gasteiger partial charge in [-0.25, -0.2) is 0 Å². The Balaban J connectivity index is 2.25. The van der Waals surface area contributed by atoms with E-state index in [1.165, 1.54) is 0 Å². The summed E-state index contributed by atoms with van der Waals surface area (Å²) in [5.74, 6) is 0. The SMILES string of the molecule is N#Cc1ccc2[nH]c3c4ccccc4ncc3c2c1. The Hall–Kier alpha value is -2.86. The molecule has 4 aromatic rings. The number of hydrogen-bond donors (Lipinski definition) is 1. The average Bonchev–Trinajstić information content (AvgIpc) is 2.85. The zero-order valence-corrected chi connectivity index (χ0v) is 10.0. The minimum Gasteiger partial charge on any atom is -0.354 e. The number of H-pyrrole nitrogens is 1. The molecular weight excluding hydrogens is 234 g/mol. The number of hydrogen-bond acceptors (Lipinski definition) is 2. The van der Waals surface area contributed by atoms with Gasteiger partial charge in [0.05, 0.1) is 22.7 Å². The van der Waals surface area contributed by atoms with Gasteiger partial charge in [0, 0.05) is 27.9 Å². The fourth-order valence-corrected chi connectivity index (χ4v) is 2.56. The van der Waals surface area contributed by atoms with Gasteiger partial charge in [0.15, 0.2) is 0 Å². The fourth-order valence-electron chi connectivity index (χ4n) is 2.56. The van der Waals surface area contributed by atoms with Gasteiger partial charge < -0.3 is 4.98 Å². The van der Waals surface area contributed by atoms with E-state index >= 15 is 0 Å². The summed E-state index contributed by atoms with van der Waals surface area (Å²) in [6, 6.07) is 15.9. The van der Waals surface area contributed by atoms with Crippen molar-refractivity contribution in [1.82, 2.24) is 9.97 Å². The first kappa shape index (κ1) is 10.1. The monoisotopic (exact) mass is 243 g/mol. The van der Waals surface area contributed by atoms with E-state index in [-0.39, 0.29) is 0 Å². The van der Waals surface area contributed by atoms with Crippen molar-refractivity contribution in [3.05, 3.63) is 54.2 Å². The number of nitrogens with one attached hydrogen (secondary N) is 1. The zero-order chi connectivity index (χ0) is 12.8. The van der Waals surface area contributed by atoms with Gasteiger partial charge in [0.25, 0.3) is 0 Å². The summed E-state index contributed by atoms with van der Waals surface area (Å²) in [6.45, 7) is 0. The molecule has 19 heavy (non-hydrogen) atoms. The third-order valence-electron chi connectivity index (χ3n) is 3.47.